The second-order valence-electron chi connectivity index (χ2n) is 3.39. The number of nitrogens with one attached hydrogen (secondary N) is 1. The van der Waals surface area contributed by atoms with Crippen LogP contribution in [0.2, 0.25) is 0 Å². The van der Waals surface area contributed by atoms with Gasteiger partial charge in [0.05, 0.1) is 0 Å². The molecule has 0 heterocycles. The Labute approximate surface area is 86.0 Å². The normalized spacial score (nSPS) is 15.8. The Hall–Kier alpha value is -1.04. The highest BCUT2D eigenvalue weighted by molar-refractivity contribution is 5.79. The fraction of sp³-hybridized carbons (Fsp3) is 0.667. The van der Waals surface area contributed by atoms with Crippen molar-refractivity contribution >= 4 is 5.97 Å². The summed E-state index contributed by atoms with van der Waals surface area (Å²) in [6, 6.07) is 0. The standard InChI is InChI=1S/C9H14F3NO2/c1-4-6(2)5-13-8(3,7(14)15)9(10,11)12/h13H,2,4-5H2,1,3H3,(H,14,15). The van der Waals surface area contributed by atoms with Gasteiger partial charge in [0.1, 0.15) is 0 Å². The van der Waals surface area contributed by atoms with Crippen LogP contribution in [-0.2, 0) is 4.79 Å². The van der Waals surface area contributed by atoms with E-state index in [0.29, 0.717) is 18.9 Å². The van der Waals surface area contributed by atoms with Crippen molar-refractivity contribution in [2.24, 2.45) is 0 Å². The lowest BCUT2D eigenvalue weighted by molar-refractivity contribution is -0.205. The van der Waals surface area contributed by atoms with Crippen LogP contribution in [0.15, 0.2) is 12.2 Å². The van der Waals surface area contributed by atoms with Gasteiger partial charge in [-0.2, -0.15) is 13.2 Å². The summed E-state index contributed by atoms with van der Waals surface area (Å²) in [6.45, 7) is 5.65. The van der Waals surface area contributed by atoms with Gasteiger partial charge >= 0.3 is 12.1 Å². The van der Waals surface area contributed by atoms with Crippen LogP contribution in [-0.4, -0.2) is 29.3 Å². The molecule has 0 fully saturated rings. The first-order valence-corrected chi connectivity index (χ1v) is 4.37. The fourth-order valence-corrected chi connectivity index (χ4v) is 0.724. The fourth-order valence-electron chi connectivity index (χ4n) is 0.724. The van der Waals surface area contributed by atoms with E-state index in [0.717, 1.165) is 0 Å². The number of hydrogen-bond acceptors (Lipinski definition) is 2. The summed E-state index contributed by atoms with van der Waals surface area (Å²) in [4.78, 5) is 10.6. The average Bonchev–Trinajstić information content (AvgIpc) is 2.11. The average molecular weight is 225 g/mol. The van der Waals surface area contributed by atoms with Crippen molar-refractivity contribution in [1.29, 1.82) is 0 Å². The van der Waals surface area contributed by atoms with E-state index in [1.807, 2.05) is 5.32 Å². The molecule has 0 amide bonds. The molecule has 0 bridgehead atoms. The molecule has 0 aromatic rings. The minimum Gasteiger partial charge on any atom is -0.480 e. The highest BCUT2D eigenvalue weighted by Gasteiger charge is 2.57. The zero-order chi connectivity index (χ0) is 12.3. The molecule has 0 saturated carbocycles. The van der Waals surface area contributed by atoms with Gasteiger partial charge in [-0.25, -0.2) is 4.79 Å². The van der Waals surface area contributed by atoms with Crippen LogP contribution >= 0.6 is 0 Å². The first kappa shape index (κ1) is 14.0. The Morgan fingerprint density at radius 1 is 1.47 bits per heavy atom. The minimum absolute atomic E-state index is 0.168. The molecule has 0 aromatic carbocycles. The quantitative estimate of drug-likeness (QED) is 0.703. The van der Waals surface area contributed by atoms with Gasteiger partial charge in [-0.15, -0.1) is 0 Å². The van der Waals surface area contributed by atoms with Crippen molar-refractivity contribution in [1.82, 2.24) is 5.32 Å². The zero-order valence-electron chi connectivity index (χ0n) is 8.61. The van der Waals surface area contributed by atoms with Crippen molar-refractivity contribution in [3.63, 3.8) is 0 Å². The van der Waals surface area contributed by atoms with Gasteiger partial charge in [-0.3, -0.25) is 5.32 Å². The van der Waals surface area contributed by atoms with Gasteiger partial charge in [0, 0.05) is 6.54 Å². The molecule has 88 valence electrons. The van der Waals surface area contributed by atoms with Crippen molar-refractivity contribution < 1.29 is 23.1 Å². The van der Waals surface area contributed by atoms with Crippen molar-refractivity contribution in [3.05, 3.63) is 12.2 Å². The Morgan fingerprint density at radius 2 is 1.93 bits per heavy atom. The number of carboxylic acid groups (broad SMARTS) is 1. The third-order valence-corrected chi connectivity index (χ3v) is 2.19. The van der Waals surface area contributed by atoms with E-state index >= 15 is 0 Å². The van der Waals surface area contributed by atoms with Crippen molar-refractivity contribution in [2.45, 2.75) is 32.0 Å². The second-order valence-corrected chi connectivity index (χ2v) is 3.39. The molecule has 15 heavy (non-hydrogen) atoms. The summed E-state index contributed by atoms with van der Waals surface area (Å²) in [5.41, 5.74) is -2.41. The predicted octanol–water partition coefficient (Wildman–Crippen LogP) is 1.95. The van der Waals surface area contributed by atoms with E-state index in [2.05, 4.69) is 6.58 Å². The molecule has 0 spiro atoms. The topological polar surface area (TPSA) is 49.3 Å². The summed E-state index contributed by atoms with van der Waals surface area (Å²) in [7, 11) is 0. The Morgan fingerprint density at radius 3 is 2.20 bits per heavy atom. The van der Waals surface area contributed by atoms with Gasteiger partial charge in [0.15, 0.2) is 0 Å². The molecule has 0 rings (SSSR count). The molecule has 0 radical (unpaired) electrons. The van der Waals surface area contributed by atoms with Crippen molar-refractivity contribution in [3.8, 4) is 0 Å². The molecule has 0 aliphatic carbocycles. The molecular formula is C9H14F3NO2. The zero-order valence-corrected chi connectivity index (χ0v) is 8.61. The van der Waals surface area contributed by atoms with Gasteiger partial charge in [0.25, 0.3) is 0 Å². The van der Waals surface area contributed by atoms with E-state index in [9.17, 15) is 18.0 Å². The molecule has 0 aromatic heterocycles. The number of aliphatic carboxylic acids is 1. The third kappa shape index (κ3) is 3.23. The van der Waals surface area contributed by atoms with E-state index in [-0.39, 0.29) is 6.54 Å². The third-order valence-electron chi connectivity index (χ3n) is 2.19. The molecule has 2 N–H and O–H groups in total. The number of hydrogen-bond donors (Lipinski definition) is 2. The lowest BCUT2D eigenvalue weighted by Crippen LogP contribution is -2.60. The number of halogens is 3. The molecule has 1 atom stereocenters. The smallest absolute Gasteiger partial charge is 0.417 e. The van der Waals surface area contributed by atoms with Gasteiger partial charge in [-0.05, 0) is 13.3 Å². The minimum atomic E-state index is -4.84. The lowest BCUT2D eigenvalue weighted by Gasteiger charge is -2.29. The maximum Gasteiger partial charge on any atom is 0.417 e. The maximum absolute atomic E-state index is 12.4. The van der Waals surface area contributed by atoms with Crippen LogP contribution in [0.5, 0.6) is 0 Å². The summed E-state index contributed by atoms with van der Waals surface area (Å²) < 4.78 is 37.3. The summed E-state index contributed by atoms with van der Waals surface area (Å²) >= 11 is 0. The van der Waals surface area contributed by atoms with E-state index in [4.69, 9.17) is 5.11 Å². The van der Waals surface area contributed by atoms with E-state index < -0.39 is 17.7 Å². The predicted molar refractivity (Wildman–Crippen MR) is 49.5 cm³/mol. The summed E-state index contributed by atoms with van der Waals surface area (Å²) in [5, 5.41) is 10.5. The Balaban J connectivity index is 4.69. The SMILES string of the molecule is C=C(CC)CNC(C)(C(=O)O)C(F)(F)F. The van der Waals surface area contributed by atoms with Gasteiger partial charge < -0.3 is 5.11 Å². The Bertz CT molecular complexity index is 263. The number of carboxylic acids is 1. The molecule has 0 saturated heterocycles. The van der Waals surface area contributed by atoms with Gasteiger partial charge in [0.2, 0.25) is 5.54 Å². The van der Waals surface area contributed by atoms with Crippen LogP contribution in [0.1, 0.15) is 20.3 Å². The molecule has 3 nitrogen and oxygen atoms in total. The van der Waals surface area contributed by atoms with Crippen LogP contribution in [0.3, 0.4) is 0 Å². The first-order valence-electron chi connectivity index (χ1n) is 4.37. The Kier molecular flexibility index (Phi) is 4.33. The maximum atomic E-state index is 12.4. The first-order chi connectivity index (χ1) is 6.65. The molecule has 6 heteroatoms. The van der Waals surface area contributed by atoms with Crippen LogP contribution in [0.4, 0.5) is 13.2 Å². The van der Waals surface area contributed by atoms with Crippen LogP contribution < -0.4 is 5.32 Å². The lowest BCUT2D eigenvalue weighted by atomic mass is 10.0. The van der Waals surface area contributed by atoms with Gasteiger partial charge in [-0.1, -0.05) is 19.1 Å². The van der Waals surface area contributed by atoms with Crippen LogP contribution in [0, 0.1) is 0 Å². The highest BCUT2D eigenvalue weighted by atomic mass is 19.4. The molecule has 0 aliphatic heterocycles. The number of carbonyl (C=O) groups is 1. The monoisotopic (exact) mass is 225 g/mol. The number of alkyl halides is 3. The molecule has 1 unspecified atom stereocenters. The second kappa shape index (κ2) is 4.65. The highest BCUT2D eigenvalue weighted by Crippen LogP contribution is 2.30. The number of rotatable bonds is 5. The van der Waals surface area contributed by atoms with Crippen molar-refractivity contribution in [2.75, 3.05) is 6.54 Å². The van der Waals surface area contributed by atoms with Crippen LogP contribution in [0.25, 0.3) is 0 Å². The molecular weight excluding hydrogens is 211 g/mol. The largest absolute Gasteiger partial charge is 0.480 e. The van der Waals surface area contributed by atoms with E-state index in [1.54, 1.807) is 6.92 Å². The molecule has 0 aliphatic rings. The summed E-state index contributed by atoms with van der Waals surface area (Å²) in [6.07, 6.45) is -4.34. The van der Waals surface area contributed by atoms with E-state index in [1.165, 1.54) is 0 Å². The summed E-state index contributed by atoms with van der Waals surface area (Å²) in [5.74, 6) is -1.95.